The third kappa shape index (κ3) is 5.56. The van der Waals surface area contributed by atoms with Crippen molar-refractivity contribution in [3.8, 4) is 44.5 Å². The molecule has 0 aliphatic heterocycles. The largest absolute Gasteiger partial charge is 0.309 e. The summed E-state index contributed by atoms with van der Waals surface area (Å²) in [4.78, 5) is 0.835. The van der Waals surface area contributed by atoms with Gasteiger partial charge in [0.15, 0.2) is 0 Å². The van der Waals surface area contributed by atoms with E-state index in [9.17, 15) is 28.8 Å². The van der Waals surface area contributed by atoms with Gasteiger partial charge in [0.05, 0.1) is 49.7 Å². The number of benzene rings is 10. The molecule has 0 spiro atoms. The molecule has 0 saturated heterocycles. The maximum absolute atomic E-state index is 11.1. The quantitative estimate of drug-likeness (QED) is 0.155. The number of anilines is 3. The highest BCUT2D eigenvalue weighted by molar-refractivity contribution is 6.07. The molecule has 12 rings (SSSR count). The summed E-state index contributed by atoms with van der Waals surface area (Å²) in [5.41, 5.74) is -17.5. The lowest BCUT2D eigenvalue weighted by Crippen LogP contribution is -2.28. The lowest BCUT2D eigenvalue weighted by Gasteiger charge is -2.35. The first-order chi connectivity index (χ1) is 43.5. The minimum atomic E-state index is -3.96. The fourth-order valence-electron chi connectivity index (χ4n) is 8.94. The van der Waals surface area contributed by atoms with E-state index in [4.69, 9.17) is 12.3 Å². The maximum atomic E-state index is 11.1. The normalized spacial score (nSPS) is 21.0. The van der Waals surface area contributed by atoms with Crippen molar-refractivity contribution in [1.82, 2.24) is 0 Å². The van der Waals surface area contributed by atoms with Crippen LogP contribution in [0.25, 0.3) is 55.3 Å². The molecule has 1 nitrogen and oxygen atoms in total. The topological polar surface area (TPSA) is 3.24 Å². The summed E-state index contributed by atoms with van der Waals surface area (Å²) in [6.07, 6.45) is 0. The van der Waals surface area contributed by atoms with Crippen molar-refractivity contribution in [2.45, 2.75) is 24.5 Å². The monoisotopic (exact) mass is 834 g/mol. The Hall–Kier alpha value is -7.74. The zero-order valence-corrected chi connectivity index (χ0v) is 32.6. The lowest BCUT2D eigenvalue weighted by molar-refractivity contribution is 0.660. The van der Waals surface area contributed by atoms with Crippen LogP contribution in [0.4, 0.5) is 17.1 Å². The van der Waals surface area contributed by atoms with Crippen molar-refractivity contribution in [3.63, 3.8) is 0 Å². The average Bonchev–Trinajstić information content (AvgIpc) is 1.52. The molecule has 0 bridgehead atoms. The average molecular weight is 834 g/mol. The molecule has 0 aromatic heterocycles. The zero-order chi connectivity index (χ0) is 68.0. The molecule has 2 aliphatic carbocycles. The Kier molecular flexibility index (Phi) is 4.02. The molecule has 0 unspecified atom stereocenters. The SMILES string of the molecule is [2H]c1c([2H])c([2H])c(C2(c3c([2H])c([2H])c([2H])c([2H])c3[2H])c3c([2H])c([2H])c([2H])c([2H])c3-c3c([2H])c([2H])c(N(c4ccc5ccccc5c4-c4ccc(-c5ccccc5)cc4)c4c([2H])c([2H])c([2H])c5c4-c4c([2H])c([2H])c([2H])c([2H])c4C5(C([2H])([2H])[2H])C([2H])([2H])[2H])c([2H])c32)c([2H])c1[2H]. The summed E-state index contributed by atoms with van der Waals surface area (Å²) in [6.45, 7) is -7.92. The van der Waals surface area contributed by atoms with Gasteiger partial charge in [-0.2, -0.15) is 0 Å². The summed E-state index contributed by atoms with van der Waals surface area (Å²) in [5, 5.41) is 0.785. The predicted molar refractivity (Wildman–Crippen MR) is 264 cm³/mol. The minimum absolute atomic E-state index is 0.0737. The smallest absolute Gasteiger partial charge is 0.0714 e. The van der Waals surface area contributed by atoms with Crippen molar-refractivity contribution in [1.29, 1.82) is 0 Å². The third-order valence-electron chi connectivity index (χ3n) is 11.7. The van der Waals surface area contributed by atoms with Crippen LogP contribution in [0.5, 0.6) is 0 Å². The molecule has 0 N–H and O–H groups in total. The van der Waals surface area contributed by atoms with Crippen LogP contribution in [0.1, 0.15) is 88.2 Å². The van der Waals surface area contributed by atoms with Crippen molar-refractivity contribution in [2.24, 2.45) is 0 Å². The molecule has 0 atom stereocenters. The Morgan fingerprint density at radius 1 is 0.413 bits per heavy atom. The molecule has 0 heterocycles. The molecule has 63 heavy (non-hydrogen) atoms. The summed E-state index contributed by atoms with van der Waals surface area (Å²) < 4.78 is 285. The second-order valence-electron chi connectivity index (χ2n) is 14.9. The van der Waals surface area contributed by atoms with Crippen LogP contribution >= 0.6 is 0 Å². The molecule has 0 radical (unpaired) electrons. The van der Waals surface area contributed by atoms with E-state index in [0.717, 1.165) is 10.5 Å². The third-order valence-corrected chi connectivity index (χ3v) is 11.7. The standard InChI is InChI=1S/C62H45N/c1-61(2)53-29-16-15-28-52(53)60-55(61)31-18-32-57(60)63(58-40-37-44-21-12-13-26-49(44)59(58)45-35-33-43(34-36-45)42-19-6-3-7-20-42)48-38-39-51-50-27-14-17-30-54(50)62(56(51)41-48,46-22-8-4-9-23-46)47-24-10-5-11-25-47/h3-41H,1-2H3/i1D3,2D3,4D,5D,8D,9D,10D,11D,14D,15D,16D,17D,18D,22D,23D,24D,25D,27D,28D,29D,30D,31D,32D,38D,39D,41D. The van der Waals surface area contributed by atoms with Gasteiger partial charge in [0.1, 0.15) is 0 Å². The van der Waals surface area contributed by atoms with E-state index in [1.54, 1.807) is 60.7 Å². The summed E-state index contributed by atoms with van der Waals surface area (Å²) >= 11 is 0. The number of fused-ring (bicyclic) bond motifs is 7. The van der Waals surface area contributed by atoms with E-state index in [1.807, 2.05) is 18.2 Å². The zero-order valence-electron chi connectivity index (χ0n) is 62.6. The van der Waals surface area contributed by atoms with Crippen LogP contribution in [0.2, 0.25) is 0 Å². The van der Waals surface area contributed by atoms with Gasteiger partial charge in [0.2, 0.25) is 0 Å². The van der Waals surface area contributed by atoms with Crippen molar-refractivity contribution in [2.75, 3.05) is 4.90 Å². The molecule has 2 aliphatic rings. The van der Waals surface area contributed by atoms with E-state index < -0.39 is 237 Å². The first-order valence-corrected chi connectivity index (χ1v) is 19.6. The predicted octanol–water partition coefficient (Wildman–Crippen LogP) is 16.3. The number of nitrogens with zero attached hydrogens (tertiary/aromatic N) is 1. The van der Waals surface area contributed by atoms with Crippen LogP contribution in [-0.4, -0.2) is 0 Å². The Labute approximate surface area is 412 Å². The van der Waals surface area contributed by atoms with E-state index in [2.05, 4.69) is 0 Å². The fourth-order valence-corrected chi connectivity index (χ4v) is 8.94. The van der Waals surface area contributed by atoms with Crippen LogP contribution in [0.15, 0.2) is 236 Å². The second kappa shape index (κ2) is 14.4. The van der Waals surface area contributed by atoms with Crippen LogP contribution in [0.3, 0.4) is 0 Å². The summed E-state index contributed by atoms with van der Waals surface area (Å²) in [5.74, 6) is 0. The highest BCUT2D eigenvalue weighted by atomic mass is 15.1. The van der Waals surface area contributed by atoms with Crippen LogP contribution in [0, 0.1) is 0 Å². The van der Waals surface area contributed by atoms with E-state index >= 15 is 0 Å². The molecular formula is C62H45N. The van der Waals surface area contributed by atoms with Crippen molar-refractivity contribution in [3.05, 3.63) is 269 Å². The second-order valence-corrected chi connectivity index (χ2v) is 14.9. The summed E-state index contributed by atoms with van der Waals surface area (Å²) in [6, 6.07) is -2.37. The van der Waals surface area contributed by atoms with E-state index in [0.29, 0.717) is 16.3 Å². The highest BCUT2D eigenvalue weighted by Crippen LogP contribution is 2.59. The van der Waals surface area contributed by atoms with Gasteiger partial charge in [-0.05, 0) is 102 Å². The van der Waals surface area contributed by atoms with Gasteiger partial charge in [0.25, 0.3) is 0 Å². The van der Waals surface area contributed by atoms with Gasteiger partial charge in [0, 0.05) is 30.5 Å². The fraction of sp³-hybridized carbons (Fsp3) is 0.0645. The van der Waals surface area contributed by atoms with E-state index in [-0.39, 0.29) is 16.8 Å². The maximum Gasteiger partial charge on any atom is 0.0714 e. The van der Waals surface area contributed by atoms with E-state index in [1.165, 1.54) is 12.1 Å². The van der Waals surface area contributed by atoms with Gasteiger partial charge in [-0.15, -0.1) is 0 Å². The summed E-state index contributed by atoms with van der Waals surface area (Å²) in [7, 11) is 0. The highest BCUT2D eigenvalue weighted by Gasteiger charge is 2.46. The Morgan fingerprint density at radius 2 is 1.02 bits per heavy atom. The van der Waals surface area contributed by atoms with Gasteiger partial charge >= 0.3 is 0 Å². The minimum Gasteiger partial charge on any atom is -0.309 e. The molecular weight excluding hydrogens is 759 g/mol. The molecule has 298 valence electrons. The molecule has 10 aromatic carbocycles. The van der Waals surface area contributed by atoms with Crippen LogP contribution < -0.4 is 4.90 Å². The first kappa shape index (κ1) is 17.6. The number of hydrogen-bond donors (Lipinski definition) is 0. The molecule has 0 amide bonds. The van der Waals surface area contributed by atoms with Crippen molar-refractivity contribution < 1.29 is 41.1 Å². The Morgan fingerprint density at radius 3 is 1.76 bits per heavy atom. The molecule has 1 heteroatoms. The molecule has 0 fully saturated rings. The molecule has 10 aromatic rings. The first-order valence-electron chi connectivity index (χ1n) is 34.6. The Balaban J connectivity index is 1.41. The van der Waals surface area contributed by atoms with Crippen LogP contribution in [-0.2, 0) is 10.8 Å². The van der Waals surface area contributed by atoms with Gasteiger partial charge in [-0.25, -0.2) is 0 Å². The lowest BCUT2D eigenvalue weighted by atomic mass is 9.67. The van der Waals surface area contributed by atoms with Crippen molar-refractivity contribution >= 4 is 27.8 Å². The molecule has 0 saturated carbocycles. The Bertz CT molecular complexity index is 4850. The van der Waals surface area contributed by atoms with Gasteiger partial charge in [-0.3, -0.25) is 0 Å². The van der Waals surface area contributed by atoms with Gasteiger partial charge < -0.3 is 4.90 Å². The number of rotatable bonds is 7. The van der Waals surface area contributed by atoms with Gasteiger partial charge in [-0.1, -0.05) is 226 Å². The number of hydrogen-bond acceptors (Lipinski definition) is 1.